The van der Waals surface area contributed by atoms with Crippen LogP contribution in [0.2, 0.25) is 0 Å². The zero-order chi connectivity index (χ0) is 18.9. The largest absolute Gasteiger partial charge is 0.478 e. The normalized spacial score (nSPS) is 29.2. The number of carbonyl (C=O) groups is 1. The molecular formula is C24H32O2. The predicted octanol–water partition coefficient (Wildman–Crippen LogP) is 5.81. The van der Waals surface area contributed by atoms with Crippen molar-refractivity contribution in [2.75, 3.05) is 0 Å². The zero-order valence-electron chi connectivity index (χ0n) is 16.6. The third-order valence-electron chi connectivity index (χ3n) is 7.00. The number of rotatable bonds is 2. The summed E-state index contributed by atoms with van der Waals surface area (Å²) in [6.45, 7) is 9.81. The summed E-state index contributed by atoms with van der Waals surface area (Å²) in [5.74, 6) is 8.16. The Morgan fingerprint density at radius 3 is 2.38 bits per heavy atom. The van der Waals surface area contributed by atoms with Gasteiger partial charge in [0.05, 0.1) is 5.56 Å². The van der Waals surface area contributed by atoms with Crippen molar-refractivity contribution < 1.29 is 9.90 Å². The van der Waals surface area contributed by atoms with Crippen LogP contribution in [0.3, 0.4) is 0 Å². The SMILES string of the molecule is CC1(C)CCC(C)(C)C2C(C#CCc3ccc(C(=O)O)cc3)CCCC21. The molecule has 2 fully saturated rings. The predicted molar refractivity (Wildman–Crippen MR) is 106 cm³/mol. The van der Waals surface area contributed by atoms with Gasteiger partial charge in [0.2, 0.25) is 0 Å². The third kappa shape index (κ3) is 3.83. The minimum absolute atomic E-state index is 0.336. The minimum atomic E-state index is -0.877. The molecule has 3 rings (SSSR count). The van der Waals surface area contributed by atoms with E-state index in [1.165, 1.54) is 32.1 Å². The summed E-state index contributed by atoms with van der Waals surface area (Å²) in [5, 5.41) is 9.00. The third-order valence-corrected chi connectivity index (χ3v) is 7.00. The van der Waals surface area contributed by atoms with Gasteiger partial charge in [-0.25, -0.2) is 4.79 Å². The lowest BCUT2D eigenvalue weighted by Gasteiger charge is -2.56. The number of hydrogen-bond acceptors (Lipinski definition) is 1. The summed E-state index contributed by atoms with van der Waals surface area (Å²) in [5.41, 5.74) is 2.25. The van der Waals surface area contributed by atoms with E-state index in [1.807, 2.05) is 12.1 Å². The van der Waals surface area contributed by atoms with Crippen molar-refractivity contribution in [2.45, 2.75) is 66.2 Å². The Bertz CT molecular complexity index is 715. The van der Waals surface area contributed by atoms with Crippen LogP contribution in [-0.2, 0) is 6.42 Å². The van der Waals surface area contributed by atoms with E-state index < -0.39 is 5.97 Å². The Kier molecular flexibility index (Phi) is 5.20. The van der Waals surface area contributed by atoms with E-state index in [0.29, 0.717) is 34.7 Å². The molecule has 2 saturated carbocycles. The van der Waals surface area contributed by atoms with Gasteiger partial charge in [-0.3, -0.25) is 0 Å². The highest BCUT2D eigenvalue weighted by atomic mass is 16.4. The topological polar surface area (TPSA) is 37.3 Å². The molecule has 1 aromatic carbocycles. The molecule has 2 aliphatic carbocycles. The summed E-state index contributed by atoms with van der Waals surface area (Å²) >= 11 is 0. The van der Waals surface area contributed by atoms with Gasteiger partial charge in [0, 0.05) is 12.3 Å². The molecule has 0 radical (unpaired) electrons. The highest BCUT2D eigenvalue weighted by Crippen LogP contribution is 2.59. The van der Waals surface area contributed by atoms with Gasteiger partial charge in [0.15, 0.2) is 0 Å². The Labute approximate surface area is 158 Å². The number of fused-ring (bicyclic) bond motifs is 1. The van der Waals surface area contributed by atoms with Crippen LogP contribution in [0.15, 0.2) is 24.3 Å². The highest BCUT2D eigenvalue weighted by Gasteiger charge is 2.51. The number of benzene rings is 1. The van der Waals surface area contributed by atoms with E-state index in [1.54, 1.807) is 12.1 Å². The molecule has 0 aliphatic heterocycles. The summed E-state index contributed by atoms with van der Waals surface area (Å²) in [4.78, 5) is 11.0. The Balaban J connectivity index is 1.74. The molecule has 3 unspecified atom stereocenters. The van der Waals surface area contributed by atoms with E-state index in [4.69, 9.17) is 5.11 Å². The lowest BCUT2D eigenvalue weighted by Crippen LogP contribution is -2.49. The molecule has 1 N–H and O–H groups in total. The highest BCUT2D eigenvalue weighted by molar-refractivity contribution is 5.87. The molecule has 3 atom stereocenters. The average molecular weight is 353 g/mol. The molecule has 1 aromatic rings. The van der Waals surface area contributed by atoms with Gasteiger partial charge in [-0.15, -0.1) is 0 Å². The molecule has 0 bridgehead atoms. The molecule has 140 valence electrons. The van der Waals surface area contributed by atoms with E-state index in [9.17, 15) is 4.79 Å². The van der Waals surface area contributed by atoms with Crippen LogP contribution in [0, 0.1) is 40.4 Å². The smallest absolute Gasteiger partial charge is 0.335 e. The molecule has 0 spiro atoms. The molecule has 2 aliphatic rings. The van der Waals surface area contributed by atoms with Crippen molar-refractivity contribution in [2.24, 2.45) is 28.6 Å². The Hall–Kier alpha value is -1.75. The molecule has 26 heavy (non-hydrogen) atoms. The van der Waals surface area contributed by atoms with Gasteiger partial charge < -0.3 is 5.11 Å². The van der Waals surface area contributed by atoms with Crippen LogP contribution >= 0.6 is 0 Å². The molecule has 0 saturated heterocycles. The van der Waals surface area contributed by atoms with E-state index in [-0.39, 0.29) is 0 Å². The minimum Gasteiger partial charge on any atom is -0.478 e. The number of hydrogen-bond donors (Lipinski definition) is 1. The van der Waals surface area contributed by atoms with Crippen molar-refractivity contribution in [1.29, 1.82) is 0 Å². The molecule has 2 heteroatoms. The summed E-state index contributed by atoms with van der Waals surface area (Å²) in [6.07, 6.45) is 7.22. The molecule has 0 aromatic heterocycles. The lowest BCUT2D eigenvalue weighted by atomic mass is 9.48. The Morgan fingerprint density at radius 2 is 1.73 bits per heavy atom. The molecule has 0 heterocycles. The number of carboxylic acids is 1. The fourth-order valence-corrected chi connectivity index (χ4v) is 5.37. The molecule has 2 nitrogen and oxygen atoms in total. The van der Waals surface area contributed by atoms with Gasteiger partial charge in [-0.05, 0) is 66.0 Å². The summed E-state index contributed by atoms with van der Waals surface area (Å²) in [7, 11) is 0. The van der Waals surface area contributed by atoms with Crippen molar-refractivity contribution >= 4 is 5.97 Å². The van der Waals surface area contributed by atoms with Crippen LogP contribution < -0.4 is 0 Å². The number of carboxylic acid groups (broad SMARTS) is 1. The average Bonchev–Trinajstić information content (AvgIpc) is 2.59. The first-order valence-corrected chi connectivity index (χ1v) is 10.0. The van der Waals surface area contributed by atoms with Crippen molar-refractivity contribution in [3.63, 3.8) is 0 Å². The monoisotopic (exact) mass is 352 g/mol. The first-order chi connectivity index (χ1) is 12.2. The Morgan fingerprint density at radius 1 is 1.08 bits per heavy atom. The van der Waals surface area contributed by atoms with Crippen LogP contribution in [0.1, 0.15) is 75.7 Å². The van der Waals surface area contributed by atoms with Gasteiger partial charge in [0.25, 0.3) is 0 Å². The maximum atomic E-state index is 11.0. The fourth-order valence-electron chi connectivity index (χ4n) is 5.37. The standard InChI is InChI=1S/C24H32O2/c1-23(2)15-16-24(3,4)21-18(9-6-10-20(21)23)8-5-7-17-11-13-19(14-12-17)22(25)26/h11-14,18,20-21H,6-7,9-10,15-16H2,1-4H3,(H,25,26). The van der Waals surface area contributed by atoms with E-state index in [2.05, 4.69) is 39.5 Å². The van der Waals surface area contributed by atoms with Gasteiger partial charge in [0.1, 0.15) is 0 Å². The van der Waals surface area contributed by atoms with Crippen LogP contribution in [0.4, 0.5) is 0 Å². The van der Waals surface area contributed by atoms with Gasteiger partial charge >= 0.3 is 5.97 Å². The van der Waals surface area contributed by atoms with Crippen LogP contribution in [0.5, 0.6) is 0 Å². The zero-order valence-corrected chi connectivity index (χ0v) is 16.6. The van der Waals surface area contributed by atoms with Gasteiger partial charge in [-0.2, -0.15) is 0 Å². The summed E-state index contributed by atoms with van der Waals surface area (Å²) in [6, 6.07) is 7.11. The van der Waals surface area contributed by atoms with Crippen molar-refractivity contribution in [1.82, 2.24) is 0 Å². The van der Waals surface area contributed by atoms with Crippen LogP contribution in [-0.4, -0.2) is 11.1 Å². The van der Waals surface area contributed by atoms with Crippen LogP contribution in [0.25, 0.3) is 0 Å². The van der Waals surface area contributed by atoms with E-state index >= 15 is 0 Å². The van der Waals surface area contributed by atoms with Gasteiger partial charge in [-0.1, -0.05) is 58.1 Å². The van der Waals surface area contributed by atoms with Crippen molar-refractivity contribution in [3.8, 4) is 11.8 Å². The van der Waals surface area contributed by atoms with E-state index in [0.717, 1.165) is 11.5 Å². The second kappa shape index (κ2) is 7.10. The first-order valence-electron chi connectivity index (χ1n) is 10.0. The fraction of sp³-hybridized carbons (Fsp3) is 0.625. The molecular weight excluding hydrogens is 320 g/mol. The summed E-state index contributed by atoms with van der Waals surface area (Å²) < 4.78 is 0. The first kappa shape index (κ1) is 19.0. The second-order valence-electron chi connectivity index (χ2n) is 9.65. The molecule has 0 amide bonds. The quantitative estimate of drug-likeness (QED) is 0.682. The van der Waals surface area contributed by atoms with Crippen molar-refractivity contribution in [3.05, 3.63) is 35.4 Å². The number of aromatic carboxylic acids is 1. The lowest BCUT2D eigenvalue weighted by molar-refractivity contribution is -0.0628. The maximum absolute atomic E-state index is 11.0. The second-order valence-corrected chi connectivity index (χ2v) is 9.65. The maximum Gasteiger partial charge on any atom is 0.335 e.